The van der Waals surface area contributed by atoms with E-state index in [1.807, 2.05) is 16.8 Å². The van der Waals surface area contributed by atoms with E-state index < -0.39 is 18.0 Å². The van der Waals surface area contributed by atoms with Crippen molar-refractivity contribution in [3.05, 3.63) is 69.7 Å². The number of hydrogen-bond acceptors (Lipinski definition) is 5. The average Bonchev–Trinajstić information content (AvgIpc) is 3.32. The summed E-state index contributed by atoms with van der Waals surface area (Å²) in [5.74, 6) is -1.58. The molecule has 0 fully saturated rings. The Bertz CT molecular complexity index is 1100. The highest BCUT2D eigenvalue weighted by atomic mass is 32.1. The molecule has 0 saturated heterocycles. The number of benzene rings is 1. The fourth-order valence-electron chi connectivity index (χ4n) is 3.20. The molecule has 0 aliphatic carbocycles. The van der Waals surface area contributed by atoms with Gasteiger partial charge in [-0.05, 0) is 46.2 Å². The Balaban J connectivity index is 1.91. The number of carboxylic acids is 1. The largest absolute Gasteiger partial charge is 0.507 e. The van der Waals surface area contributed by atoms with Crippen molar-refractivity contribution in [1.82, 2.24) is 20.4 Å². The minimum atomic E-state index is -1.22. The van der Waals surface area contributed by atoms with E-state index in [0.717, 1.165) is 11.1 Å². The number of carboxylic acid groups (broad SMARTS) is 1. The van der Waals surface area contributed by atoms with Crippen LogP contribution in [0.5, 0.6) is 5.75 Å². The maximum atomic E-state index is 12.4. The van der Waals surface area contributed by atoms with Gasteiger partial charge < -0.3 is 20.8 Å². The third kappa shape index (κ3) is 3.12. The Hall–Kier alpha value is -3.59. The van der Waals surface area contributed by atoms with Crippen LogP contribution in [0, 0.1) is 0 Å². The monoisotopic (exact) mass is 396 g/mol. The van der Waals surface area contributed by atoms with Gasteiger partial charge in [-0.25, -0.2) is 9.59 Å². The predicted octanol–water partition coefficient (Wildman–Crippen LogP) is 2.81. The number of thiophene rings is 1. The van der Waals surface area contributed by atoms with Gasteiger partial charge in [0.2, 0.25) is 0 Å². The second-order valence-electron chi connectivity index (χ2n) is 6.29. The van der Waals surface area contributed by atoms with E-state index in [1.54, 1.807) is 30.1 Å². The molecule has 0 bridgehead atoms. The van der Waals surface area contributed by atoms with Gasteiger partial charge in [0.15, 0.2) is 0 Å². The predicted molar refractivity (Wildman–Crippen MR) is 104 cm³/mol. The topological polar surface area (TPSA) is 116 Å². The van der Waals surface area contributed by atoms with Gasteiger partial charge in [0.05, 0.1) is 11.7 Å². The number of aromatic carboxylic acids is 1. The lowest BCUT2D eigenvalue weighted by Crippen LogP contribution is -2.43. The van der Waals surface area contributed by atoms with E-state index in [0.29, 0.717) is 17.0 Å². The van der Waals surface area contributed by atoms with E-state index in [4.69, 9.17) is 5.11 Å². The third-order valence-electron chi connectivity index (χ3n) is 4.46. The summed E-state index contributed by atoms with van der Waals surface area (Å²) in [5, 5.41) is 33.2. The zero-order valence-electron chi connectivity index (χ0n) is 14.7. The van der Waals surface area contributed by atoms with Crippen LogP contribution in [0.25, 0.3) is 11.3 Å². The molecule has 3 aromatic rings. The molecule has 8 nitrogen and oxygen atoms in total. The molecule has 2 aromatic heterocycles. The van der Waals surface area contributed by atoms with Gasteiger partial charge in [0.1, 0.15) is 17.0 Å². The van der Waals surface area contributed by atoms with Gasteiger partial charge in [0.25, 0.3) is 0 Å². The van der Waals surface area contributed by atoms with Crippen LogP contribution in [-0.2, 0) is 7.05 Å². The van der Waals surface area contributed by atoms with Crippen molar-refractivity contribution in [3.8, 4) is 5.75 Å². The summed E-state index contributed by atoms with van der Waals surface area (Å²) in [6.07, 6.45) is 1.78. The molecule has 2 amide bonds. The maximum absolute atomic E-state index is 12.4. The number of urea groups is 1. The zero-order chi connectivity index (χ0) is 19.8. The van der Waals surface area contributed by atoms with Crippen molar-refractivity contribution in [2.75, 3.05) is 0 Å². The van der Waals surface area contributed by atoms with E-state index in [1.165, 1.54) is 23.5 Å². The Kier molecular flexibility index (Phi) is 4.36. The van der Waals surface area contributed by atoms with Gasteiger partial charge in [-0.2, -0.15) is 16.4 Å². The number of aromatic hydroxyl groups is 1. The van der Waals surface area contributed by atoms with Crippen LogP contribution in [0.2, 0.25) is 0 Å². The molecular formula is C19H16N4O4S. The first-order valence-electron chi connectivity index (χ1n) is 8.34. The number of carbonyl (C=O) groups is 2. The van der Waals surface area contributed by atoms with Gasteiger partial charge >= 0.3 is 12.0 Å². The molecule has 1 atom stereocenters. The fourth-order valence-corrected chi connectivity index (χ4v) is 3.86. The first kappa shape index (κ1) is 17.8. The van der Waals surface area contributed by atoms with Crippen LogP contribution in [0.15, 0.2) is 47.3 Å². The lowest BCUT2D eigenvalue weighted by Gasteiger charge is -2.30. The molecule has 1 aliphatic rings. The van der Waals surface area contributed by atoms with Crippen LogP contribution >= 0.6 is 11.3 Å². The van der Waals surface area contributed by atoms with Crippen molar-refractivity contribution in [3.63, 3.8) is 0 Å². The molecule has 1 aromatic carbocycles. The Labute approximate surface area is 163 Å². The number of aryl methyl sites for hydroxylation is 1. The first-order chi connectivity index (χ1) is 13.4. The van der Waals surface area contributed by atoms with Crippen molar-refractivity contribution in [2.45, 2.75) is 6.04 Å². The van der Waals surface area contributed by atoms with Crippen LogP contribution in [-0.4, -0.2) is 32.0 Å². The zero-order valence-corrected chi connectivity index (χ0v) is 15.5. The minimum absolute atomic E-state index is 0.199. The summed E-state index contributed by atoms with van der Waals surface area (Å²) in [6.45, 7) is 0. The van der Waals surface area contributed by atoms with E-state index in [9.17, 15) is 14.7 Å². The summed E-state index contributed by atoms with van der Waals surface area (Å²) in [6, 6.07) is 7.01. The molecule has 4 rings (SSSR count). The van der Waals surface area contributed by atoms with Gasteiger partial charge in [-0.3, -0.25) is 4.68 Å². The molecule has 142 valence electrons. The summed E-state index contributed by atoms with van der Waals surface area (Å²) < 4.78 is 1.64. The minimum Gasteiger partial charge on any atom is -0.507 e. The number of hydrogen-bond donors (Lipinski definition) is 4. The molecule has 0 radical (unpaired) electrons. The highest BCUT2D eigenvalue weighted by Gasteiger charge is 2.31. The molecular weight excluding hydrogens is 380 g/mol. The van der Waals surface area contributed by atoms with Gasteiger partial charge in [0, 0.05) is 18.8 Å². The van der Waals surface area contributed by atoms with Gasteiger partial charge in [-0.1, -0.05) is 6.07 Å². The van der Waals surface area contributed by atoms with E-state index >= 15 is 0 Å². The lowest BCUT2D eigenvalue weighted by atomic mass is 9.90. The molecule has 3 heterocycles. The number of nitrogens with one attached hydrogen (secondary N) is 2. The highest BCUT2D eigenvalue weighted by molar-refractivity contribution is 7.08. The normalized spacial score (nSPS) is 16.6. The molecule has 0 saturated carbocycles. The maximum Gasteiger partial charge on any atom is 0.339 e. The van der Waals surface area contributed by atoms with Gasteiger partial charge in [-0.15, -0.1) is 0 Å². The Morgan fingerprint density at radius 1 is 1.29 bits per heavy atom. The molecule has 28 heavy (non-hydrogen) atoms. The SMILES string of the molecule is Cn1ccc(C2=C(c3ccsc3)C(c3ccc(C(=O)O)c(O)c3)NC(=O)N2)n1. The standard InChI is InChI=1S/C19H16N4O4S/c1-23-6-4-13(22-23)17-15(11-5-7-28-9-11)16(20-19(27)21-17)10-2-3-12(18(25)26)14(24)8-10/h2-9,16,24H,1H3,(H,25,26)(H2,20,21,27). The molecule has 4 N–H and O–H groups in total. The lowest BCUT2D eigenvalue weighted by molar-refractivity contribution is 0.0693. The first-order valence-corrected chi connectivity index (χ1v) is 9.29. The van der Waals surface area contributed by atoms with E-state index in [-0.39, 0.29) is 11.3 Å². The van der Waals surface area contributed by atoms with E-state index in [2.05, 4.69) is 15.7 Å². The molecule has 1 unspecified atom stereocenters. The van der Waals surface area contributed by atoms with Crippen molar-refractivity contribution in [2.24, 2.45) is 7.05 Å². The summed E-state index contributed by atoms with van der Waals surface area (Å²) in [5.41, 5.74) is 3.21. The van der Waals surface area contributed by atoms with Crippen molar-refractivity contribution in [1.29, 1.82) is 0 Å². The fraction of sp³-hybridized carbons (Fsp3) is 0.105. The van der Waals surface area contributed by atoms with Crippen molar-refractivity contribution < 1.29 is 19.8 Å². The highest BCUT2D eigenvalue weighted by Crippen LogP contribution is 2.39. The second kappa shape index (κ2) is 6.86. The smallest absolute Gasteiger partial charge is 0.339 e. The molecule has 0 spiro atoms. The van der Waals surface area contributed by atoms with Crippen LogP contribution in [0.3, 0.4) is 0 Å². The van der Waals surface area contributed by atoms with Crippen LogP contribution < -0.4 is 10.6 Å². The quantitative estimate of drug-likeness (QED) is 0.541. The number of amides is 2. The summed E-state index contributed by atoms with van der Waals surface area (Å²) in [7, 11) is 1.79. The number of phenols is 1. The number of nitrogens with zero attached hydrogens (tertiary/aromatic N) is 2. The molecule has 1 aliphatic heterocycles. The Morgan fingerprint density at radius 3 is 2.71 bits per heavy atom. The van der Waals surface area contributed by atoms with Crippen molar-refractivity contribution >= 4 is 34.6 Å². The van der Waals surface area contributed by atoms with Crippen LogP contribution in [0.4, 0.5) is 4.79 Å². The summed E-state index contributed by atoms with van der Waals surface area (Å²) >= 11 is 1.52. The average molecular weight is 396 g/mol. The number of aromatic nitrogens is 2. The molecule has 9 heteroatoms. The number of rotatable bonds is 4. The number of carbonyl (C=O) groups excluding carboxylic acids is 1. The van der Waals surface area contributed by atoms with Crippen LogP contribution in [0.1, 0.15) is 33.2 Å². The Morgan fingerprint density at radius 2 is 2.11 bits per heavy atom. The second-order valence-corrected chi connectivity index (χ2v) is 7.07. The third-order valence-corrected chi connectivity index (χ3v) is 5.14. The summed E-state index contributed by atoms with van der Waals surface area (Å²) in [4.78, 5) is 23.6.